The zero-order chi connectivity index (χ0) is 34.3. The lowest BCUT2D eigenvalue weighted by Gasteiger charge is -2.12. The minimum Gasteiger partial charge on any atom is -0.488 e. The third kappa shape index (κ3) is 10.8. The summed E-state index contributed by atoms with van der Waals surface area (Å²) in [4.78, 5) is 52.1. The van der Waals surface area contributed by atoms with Crippen molar-refractivity contribution in [1.29, 1.82) is 0 Å². The minimum atomic E-state index is -0.628. The molecule has 0 radical (unpaired) electrons. The van der Waals surface area contributed by atoms with Gasteiger partial charge < -0.3 is 28.4 Å². The van der Waals surface area contributed by atoms with Gasteiger partial charge in [-0.05, 0) is 25.0 Å². The second-order valence-corrected chi connectivity index (χ2v) is 15.7. The Morgan fingerprint density at radius 1 is 0.511 bits per heavy atom. The molecule has 1 aromatic rings. The first-order valence-electron chi connectivity index (χ1n) is 15.1. The summed E-state index contributed by atoms with van der Waals surface area (Å²) in [6.45, 7) is 5.24. The number of hydrogen-bond acceptors (Lipinski definition) is 15. The van der Waals surface area contributed by atoms with Crippen molar-refractivity contribution in [2.45, 2.75) is 65.2 Å². The molecule has 15 heteroatoms. The number of rotatable bonds is 18. The largest absolute Gasteiger partial charge is 0.488 e. The van der Waals surface area contributed by atoms with Crippen molar-refractivity contribution < 1.29 is 47.6 Å². The van der Waals surface area contributed by atoms with Gasteiger partial charge in [-0.3, -0.25) is 0 Å². The van der Waals surface area contributed by atoms with Gasteiger partial charge in [0.1, 0.15) is 19.6 Å². The van der Waals surface area contributed by atoms with Crippen molar-refractivity contribution in [1.82, 2.24) is 0 Å². The van der Waals surface area contributed by atoms with E-state index >= 15 is 0 Å². The molecular weight excluding hydrogens is 705 g/mol. The molecule has 0 aromatic carbocycles. The van der Waals surface area contributed by atoms with Gasteiger partial charge in [0, 0.05) is 0 Å². The number of carbonyl (C=O) groups excluding carboxylic acids is 4. The van der Waals surface area contributed by atoms with E-state index in [4.69, 9.17) is 28.4 Å². The van der Waals surface area contributed by atoms with Crippen LogP contribution >= 0.6 is 58.4 Å². The Hall–Kier alpha value is -2.46. The van der Waals surface area contributed by atoms with Crippen LogP contribution in [0.5, 0.6) is 11.5 Å². The molecule has 0 fully saturated rings. The second-order valence-electron chi connectivity index (χ2n) is 9.92. The molecule has 0 spiro atoms. The molecule has 0 unspecified atom stereocenters. The zero-order valence-electron chi connectivity index (χ0n) is 27.3. The minimum absolute atomic E-state index is 0.152. The van der Waals surface area contributed by atoms with Crippen molar-refractivity contribution >= 4 is 94.4 Å². The third-order valence-corrected chi connectivity index (χ3v) is 12.4. The molecule has 0 N–H and O–H groups in total. The van der Waals surface area contributed by atoms with Crippen molar-refractivity contribution in [2.24, 2.45) is 0 Å². The molecule has 3 rings (SSSR count). The van der Waals surface area contributed by atoms with Crippen LogP contribution in [0.1, 0.15) is 75.0 Å². The standard InChI is InChI=1S/C32H40O10S5/c1-7-9-11-13-15-41-23-19(17-21-44-25(29(33)37-3)26(45-21)30(34)38-4)43-20(24(23)42-16-14-12-10-8-2)18-22-46-27(31(35)39-5)28(47-22)32(36)40-6/h17-18H,7-16H2,1-6H3. The maximum Gasteiger partial charge on any atom is 0.346 e. The van der Waals surface area contributed by atoms with Crippen LogP contribution in [0.15, 0.2) is 28.1 Å². The van der Waals surface area contributed by atoms with E-state index in [1.54, 1.807) is 0 Å². The number of esters is 4. The molecule has 47 heavy (non-hydrogen) atoms. The first kappa shape index (κ1) is 39.0. The second kappa shape index (κ2) is 20.1. The summed E-state index contributed by atoms with van der Waals surface area (Å²) in [5.41, 5.74) is 0. The number of unbranched alkanes of at least 4 members (excludes halogenated alkanes) is 6. The Kier molecular flexibility index (Phi) is 16.7. The lowest BCUT2D eigenvalue weighted by molar-refractivity contribution is -0.138. The Labute approximate surface area is 296 Å². The molecular formula is C32H40O10S5. The van der Waals surface area contributed by atoms with E-state index < -0.39 is 23.9 Å². The maximum atomic E-state index is 12.5. The summed E-state index contributed by atoms with van der Waals surface area (Å²) in [7, 11) is 5.04. The Bertz CT molecular complexity index is 1270. The van der Waals surface area contributed by atoms with Crippen LogP contribution in [0.25, 0.3) is 12.2 Å². The molecule has 0 saturated carbocycles. The summed E-state index contributed by atoms with van der Waals surface area (Å²) in [6, 6.07) is 0. The van der Waals surface area contributed by atoms with Gasteiger partial charge in [0.05, 0.1) is 59.9 Å². The molecule has 0 amide bonds. The van der Waals surface area contributed by atoms with Crippen molar-refractivity contribution in [2.75, 3.05) is 41.7 Å². The van der Waals surface area contributed by atoms with Crippen LogP contribution in [0.4, 0.5) is 0 Å². The quantitative estimate of drug-likeness (QED) is 0.0813. The average Bonchev–Trinajstić information content (AvgIpc) is 3.79. The number of thiophene rings is 1. The van der Waals surface area contributed by atoms with Crippen LogP contribution in [0.2, 0.25) is 0 Å². The van der Waals surface area contributed by atoms with Crippen LogP contribution in [0, 0.1) is 0 Å². The third-order valence-electron chi connectivity index (χ3n) is 6.57. The molecule has 0 aliphatic carbocycles. The zero-order valence-corrected chi connectivity index (χ0v) is 31.4. The van der Waals surface area contributed by atoms with Crippen LogP contribution in [0.3, 0.4) is 0 Å². The van der Waals surface area contributed by atoms with E-state index in [0.29, 0.717) is 33.2 Å². The molecule has 10 nitrogen and oxygen atoms in total. The lowest BCUT2D eigenvalue weighted by Crippen LogP contribution is -2.08. The predicted octanol–water partition coefficient (Wildman–Crippen LogP) is 8.34. The average molecular weight is 745 g/mol. The Morgan fingerprint density at radius 3 is 1.11 bits per heavy atom. The predicted molar refractivity (Wildman–Crippen MR) is 192 cm³/mol. The molecule has 0 atom stereocenters. The SMILES string of the molecule is CCCCCCOc1c(C=C2SC(C(=O)OC)=C(C(=O)OC)S2)sc(C=C2SC(C(=O)OC)=C(C(=O)OC)S2)c1OCCCCCC. The van der Waals surface area contributed by atoms with E-state index in [9.17, 15) is 19.2 Å². The highest BCUT2D eigenvalue weighted by atomic mass is 32.2. The Balaban J connectivity index is 2.08. The molecule has 1 aromatic heterocycles. The number of carbonyl (C=O) groups is 4. The highest BCUT2D eigenvalue weighted by molar-refractivity contribution is 8.30. The summed E-state index contributed by atoms with van der Waals surface area (Å²) in [5.74, 6) is -1.41. The molecule has 0 saturated heterocycles. The van der Waals surface area contributed by atoms with E-state index in [-0.39, 0.29) is 19.6 Å². The highest BCUT2D eigenvalue weighted by Gasteiger charge is 2.35. The summed E-state index contributed by atoms with van der Waals surface area (Å²) in [5, 5.41) is 0. The van der Waals surface area contributed by atoms with E-state index in [2.05, 4.69) is 13.8 Å². The van der Waals surface area contributed by atoms with Crippen LogP contribution in [-0.2, 0) is 38.1 Å². The van der Waals surface area contributed by atoms with Gasteiger partial charge in [-0.25, -0.2) is 19.2 Å². The summed E-state index contributed by atoms with van der Waals surface area (Å²) in [6.07, 6.45) is 11.9. The van der Waals surface area contributed by atoms with Gasteiger partial charge in [0.25, 0.3) is 0 Å². The van der Waals surface area contributed by atoms with Gasteiger partial charge in [-0.15, -0.1) is 11.3 Å². The first-order valence-corrected chi connectivity index (χ1v) is 19.2. The van der Waals surface area contributed by atoms with Crippen LogP contribution < -0.4 is 9.47 Å². The fourth-order valence-corrected chi connectivity index (χ4v) is 10.3. The fourth-order valence-electron chi connectivity index (χ4n) is 4.17. The molecule has 258 valence electrons. The number of thioether (sulfide) groups is 4. The van der Waals surface area contributed by atoms with Gasteiger partial charge in [-0.2, -0.15) is 0 Å². The molecule has 2 aliphatic heterocycles. The van der Waals surface area contributed by atoms with Gasteiger partial charge in [0.15, 0.2) is 11.5 Å². The van der Waals surface area contributed by atoms with Crippen molar-refractivity contribution in [3.05, 3.63) is 37.8 Å². The smallest absolute Gasteiger partial charge is 0.346 e. The van der Waals surface area contributed by atoms with E-state index in [0.717, 1.165) is 108 Å². The topological polar surface area (TPSA) is 124 Å². The van der Waals surface area contributed by atoms with Crippen molar-refractivity contribution in [3.8, 4) is 11.5 Å². The van der Waals surface area contributed by atoms with Gasteiger partial charge in [-0.1, -0.05) is 99.4 Å². The molecule has 0 bridgehead atoms. The van der Waals surface area contributed by atoms with E-state index in [1.807, 2.05) is 12.2 Å². The van der Waals surface area contributed by atoms with Gasteiger partial charge >= 0.3 is 23.9 Å². The Morgan fingerprint density at radius 2 is 0.830 bits per heavy atom. The summed E-state index contributed by atoms with van der Waals surface area (Å²) < 4.78 is 33.8. The van der Waals surface area contributed by atoms with Gasteiger partial charge in [0.2, 0.25) is 0 Å². The highest BCUT2D eigenvalue weighted by Crippen LogP contribution is 2.55. The number of ether oxygens (including phenoxy) is 6. The number of hydrogen-bond donors (Lipinski definition) is 0. The first-order chi connectivity index (χ1) is 22.7. The fraction of sp³-hybridized carbons (Fsp3) is 0.500. The lowest BCUT2D eigenvalue weighted by atomic mass is 10.2. The monoisotopic (exact) mass is 744 g/mol. The molecule has 2 aliphatic rings. The number of methoxy groups -OCH3 is 4. The van der Waals surface area contributed by atoms with Crippen LogP contribution in [-0.4, -0.2) is 65.5 Å². The van der Waals surface area contributed by atoms with Crippen molar-refractivity contribution in [3.63, 3.8) is 0 Å². The summed E-state index contributed by atoms with van der Waals surface area (Å²) >= 11 is 5.90. The van der Waals surface area contributed by atoms with E-state index in [1.165, 1.54) is 39.8 Å². The maximum absolute atomic E-state index is 12.5. The normalized spacial score (nSPS) is 14.3. The molecule has 3 heterocycles.